The van der Waals surface area contributed by atoms with Gasteiger partial charge in [0.2, 0.25) is 0 Å². The number of amides is 1. The highest BCUT2D eigenvalue weighted by atomic mass is 16.2. The highest BCUT2D eigenvalue weighted by Crippen LogP contribution is 2.30. The van der Waals surface area contributed by atoms with Crippen LogP contribution in [-0.2, 0) is 7.05 Å². The highest BCUT2D eigenvalue weighted by Gasteiger charge is 2.13. The Hall–Kier alpha value is -3.60. The second-order valence-electron chi connectivity index (χ2n) is 7.36. The maximum Gasteiger partial charge on any atom is 0.253 e. The number of pyridine rings is 1. The Morgan fingerprint density at radius 1 is 0.931 bits per heavy atom. The summed E-state index contributed by atoms with van der Waals surface area (Å²) >= 11 is 0. The van der Waals surface area contributed by atoms with Crippen molar-refractivity contribution in [3.8, 4) is 11.3 Å². The molecule has 0 radical (unpaired) electrons. The van der Waals surface area contributed by atoms with Gasteiger partial charge < -0.3 is 14.4 Å². The molecule has 0 saturated heterocycles. The van der Waals surface area contributed by atoms with Crippen molar-refractivity contribution in [1.82, 2.24) is 14.5 Å². The molecule has 0 aliphatic rings. The molecule has 1 amide bonds. The van der Waals surface area contributed by atoms with Crippen molar-refractivity contribution < 1.29 is 4.79 Å². The van der Waals surface area contributed by atoms with E-state index in [-0.39, 0.29) is 5.91 Å². The minimum atomic E-state index is 0.00591. The summed E-state index contributed by atoms with van der Waals surface area (Å²) in [5.41, 5.74) is 5.05. The van der Waals surface area contributed by atoms with Crippen LogP contribution in [0.25, 0.3) is 22.2 Å². The van der Waals surface area contributed by atoms with E-state index >= 15 is 0 Å². The fourth-order valence-electron chi connectivity index (χ4n) is 3.51. The number of hydrogen-bond donors (Lipinski definition) is 0. The summed E-state index contributed by atoms with van der Waals surface area (Å²) in [6.45, 7) is 0. The first kappa shape index (κ1) is 18.7. The number of benzene rings is 2. The molecule has 0 unspecified atom stereocenters. The number of aromatic nitrogens is 2. The number of para-hydroxylation sites is 1. The SMILES string of the molecule is CN(C)C(=O)c1ccc(-c2cc3cnc(N(C)c4ccccc4)cc3n2C)cc1. The van der Waals surface area contributed by atoms with Gasteiger partial charge in [-0.05, 0) is 35.9 Å². The summed E-state index contributed by atoms with van der Waals surface area (Å²) < 4.78 is 2.17. The Morgan fingerprint density at radius 3 is 2.28 bits per heavy atom. The van der Waals surface area contributed by atoms with Crippen molar-refractivity contribution >= 4 is 28.3 Å². The first-order valence-corrected chi connectivity index (χ1v) is 9.52. The van der Waals surface area contributed by atoms with Crippen LogP contribution in [0.5, 0.6) is 0 Å². The molecule has 2 aromatic heterocycles. The molecule has 29 heavy (non-hydrogen) atoms. The van der Waals surface area contributed by atoms with Gasteiger partial charge in [0.15, 0.2) is 0 Å². The third-order valence-corrected chi connectivity index (χ3v) is 5.23. The van der Waals surface area contributed by atoms with E-state index in [0.717, 1.165) is 33.7 Å². The summed E-state index contributed by atoms with van der Waals surface area (Å²) in [6.07, 6.45) is 1.91. The predicted octanol–water partition coefficient (Wildman–Crippen LogP) is 4.71. The van der Waals surface area contributed by atoms with Gasteiger partial charge in [-0.1, -0.05) is 30.3 Å². The third kappa shape index (κ3) is 3.47. The van der Waals surface area contributed by atoms with Crippen molar-refractivity contribution in [1.29, 1.82) is 0 Å². The van der Waals surface area contributed by atoms with Crippen LogP contribution in [0.1, 0.15) is 10.4 Å². The predicted molar refractivity (Wildman–Crippen MR) is 119 cm³/mol. The molecular formula is C24H24N4O. The van der Waals surface area contributed by atoms with E-state index in [1.54, 1.807) is 19.0 Å². The summed E-state index contributed by atoms with van der Waals surface area (Å²) in [5, 5.41) is 1.08. The molecule has 0 N–H and O–H groups in total. The van der Waals surface area contributed by atoms with E-state index in [1.807, 2.05) is 55.7 Å². The number of rotatable bonds is 4. The average Bonchev–Trinajstić information content (AvgIpc) is 3.09. The Bertz CT molecular complexity index is 1160. The summed E-state index contributed by atoms with van der Waals surface area (Å²) in [5.74, 6) is 0.898. The number of aryl methyl sites for hydroxylation is 1. The second-order valence-corrected chi connectivity index (χ2v) is 7.36. The quantitative estimate of drug-likeness (QED) is 0.512. The van der Waals surface area contributed by atoms with Gasteiger partial charge in [0.1, 0.15) is 5.82 Å². The molecule has 4 aromatic rings. The largest absolute Gasteiger partial charge is 0.345 e. The van der Waals surface area contributed by atoms with Crippen molar-refractivity contribution in [3.05, 3.63) is 78.5 Å². The van der Waals surface area contributed by atoms with Gasteiger partial charge in [-0.2, -0.15) is 0 Å². The average molecular weight is 384 g/mol. The summed E-state index contributed by atoms with van der Waals surface area (Å²) in [4.78, 5) is 20.4. The topological polar surface area (TPSA) is 41.4 Å². The lowest BCUT2D eigenvalue weighted by Crippen LogP contribution is -2.21. The molecule has 0 bridgehead atoms. The van der Waals surface area contributed by atoms with E-state index in [9.17, 15) is 4.79 Å². The lowest BCUT2D eigenvalue weighted by atomic mass is 10.1. The van der Waals surface area contributed by atoms with Crippen LogP contribution in [0, 0.1) is 0 Å². The Labute approximate surface area is 170 Å². The van der Waals surface area contributed by atoms with Gasteiger partial charge in [0, 0.05) is 62.8 Å². The molecule has 146 valence electrons. The van der Waals surface area contributed by atoms with Crippen LogP contribution >= 0.6 is 0 Å². The Morgan fingerprint density at radius 2 is 1.62 bits per heavy atom. The van der Waals surface area contributed by atoms with Gasteiger partial charge in [-0.3, -0.25) is 4.79 Å². The third-order valence-electron chi connectivity index (χ3n) is 5.23. The van der Waals surface area contributed by atoms with Gasteiger partial charge in [-0.15, -0.1) is 0 Å². The smallest absolute Gasteiger partial charge is 0.253 e. The van der Waals surface area contributed by atoms with Gasteiger partial charge in [0.25, 0.3) is 5.91 Å². The van der Waals surface area contributed by atoms with Crippen molar-refractivity contribution in [2.45, 2.75) is 0 Å². The Kier molecular flexibility index (Phi) is 4.80. The molecule has 4 rings (SSSR count). The van der Waals surface area contributed by atoms with Crippen LogP contribution in [0.3, 0.4) is 0 Å². The zero-order valence-corrected chi connectivity index (χ0v) is 17.1. The monoisotopic (exact) mass is 384 g/mol. The first-order valence-electron chi connectivity index (χ1n) is 9.52. The maximum atomic E-state index is 12.1. The van der Waals surface area contributed by atoms with Crippen molar-refractivity contribution in [3.63, 3.8) is 0 Å². The molecule has 2 aromatic carbocycles. The second kappa shape index (κ2) is 7.43. The number of nitrogens with zero attached hydrogens (tertiary/aromatic N) is 4. The van der Waals surface area contributed by atoms with Gasteiger partial charge in [-0.25, -0.2) is 4.98 Å². The lowest BCUT2D eigenvalue weighted by molar-refractivity contribution is 0.0827. The van der Waals surface area contributed by atoms with Crippen LogP contribution < -0.4 is 4.90 Å². The molecule has 0 fully saturated rings. The van der Waals surface area contributed by atoms with Crippen molar-refractivity contribution in [2.75, 3.05) is 26.0 Å². The zero-order chi connectivity index (χ0) is 20.5. The van der Waals surface area contributed by atoms with Crippen molar-refractivity contribution in [2.24, 2.45) is 7.05 Å². The van der Waals surface area contributed by atoms with E-state index in [0.29, 0.717) is 5.56 Å². The van der Waals surface area contributed by atoms with Crippen LogP contribution in [0.2, 0.25) is 0 Å². The van der Waals surface area contributed by atoms with Crippen LogP contribution in [0.4, 0.5) is 11.5 Å². The van der Waals surface area contributed by atoms with Gasteiger partial charge in [0.05, 0.1) is 5.52 Å². The van der Waals surface area contributed by atoms with E-state index in [2.05, 4.69) is 45.8 Å². The molecule has 2 heterocycles. The Balaban J connectivity index is 1.70. The molecule has 0 aliphatic heterocycles. The summed E-state index contributed by atoms with van der Waals surface area (Å²) in [7, 11) is 7.60. The van der Waals surface area contributed by atoms with E-state index in [1.165, 1.54) is 0 Å². The zero-order valence-electron chi connectivity index (χ0n) is 17.1. The molecule has 5 nitrogen and oxygen atoms in total. The minimum Gasteiger partial charge on any atom is -0.345 e. The fraction of sp³-hybridized carbons (Fsp3) is 0.167. The fourth-order valence-corrected chi connectivity index (χ4v) is 3.51. The molecule has 0 spiro atoms. The lowest BCUT2D eigenvalue weighted by Gasteiger charge is -2.18. The molecule has 0 aliphatic carbocycles. The number of carbonyl (C=O) groups is 1. The molecule has 5 heteroatoms. The van der Waals surface area contributed by atoms with Crippen LogP contribution in [0.15, 0.2) is 72.9 Å². The van der Waals surface area contributed by atoms with E-state index in [4.69, 9.17) is 0 Å². The minimum absolute atomic E-state index is 0.00591. The summed E-state index contributed by atoms with van der Waals surface area (Å²) in [6, 6.07) is 22.2. The normalized spacial score (nSPS) is 10.9. The van der Waals surface area contributed by atoms with Gasteiger partial charge >= 0.3 is 0 Å². The standard InChI is InChI=1S/C24H24N4O/c1-26(2)24(29)18-12-10-17(11-13-18)21-14-19-16-25-23(15-22(19)28(21)4)27(3)20-8-6-5-7-9-20/h5-16H,1-4H3. The number of fused-ring (bicyclic) bond motifs is 1. The molecule has 0 atom stereocenters. The number of anilines is 2. The maximum absolute atomic E-state index is 12.1. The molecular weight excluding hydrogens is 360 g/mol. The van der Waals surface area contributed by atoms with E-state index < -0.39 is 0 Å². The number of hydrogen-bond acceptors (Lipinski definition) is 3. The molecule has 0 saturated carbocycles. The number of carbonyl (C=O) groups excluding carboxylic acids is 1. The highest BCUT2D eigenvalue weighted by molar-refractivity contribution is 5.95. The first-order chi connectivity index (χ1) is 14.0. The van der Waals surface area contributed by atoms with Crippen LogP contribution in [-0.4, -0.2) is 41.5 Å².